The summed E-state index contributed by atoms with van der Waals surface area (Å²) in [5, 5.41) is 9.47. The molecule has 0 spiro atoms. The van der Waals surface area contributed by atoms with Crippen LogP contribution in [-0.4, -0.2) is 14.0 Å². The largest absolute Gasteiger partial charge is 0.243 e. The maximum Gasteiger partial charge on any atom is 0.243 e. The van der Waals surface area contributed by atoms with Crippen molar-refractivity contribution >= 4 is 33.2 Å². The molecule has 1 aromatic rings. The molecule has 0 bridgehead atoms. The fraction of sp³-hybridized carbons (Fsp3) is 0.417. The van der Waals surface area contributed by atoms with Gasteiger partial charge in [-0.3, -0.25) is 0 Å². The second-order valence-corrected chi connectivity index (χ2v) is 7.14. The Balaban J connectivity index is 3.27. The molecule has 104 valence electrons. The van der Waals surface area contributed by atoms with Crippen molar-refractivity contribution in [3.63, 3.8) is 0 Å². The summed E-state index contributed by atoms with van der Waals surface area (Å²) in [7, 11) is -3.92. The van der Waals surface area contributed by atoms with Gasteiger partial charge in [-0.15, -0.1) is 0 Å². The maximum atomic E-state index is 12.3. The summed E-state index contributed by atoms with van der Waals surface area (Å²) in [6, 6.07) is 6.12. The van der Waals surface area contributed by atoms with Gasteiger partial charge in [-0.25, -0.2) is 8.42 Å². The van der Waals surface area contributed by atoms with Crippen molar-refractivity contribution < 1.29 is 8.42 Å². The van der Waals surface area contributed by atoms with Crippen molar-refractivity contribution in [1.82, 2.24) is 4.72 Å². The third-order valence-corrected chi connectivity index (χ3v) is 5.20. The molecular formula is C12H14Cl2N2O2S. The number of halogens is 2. The first-order chi connectivity index (χ1) is 8.62. The number of hydrogen-bond acceptors (Lipinski definition) is 3. The minimum Gasteiger partial charge on any atom is -0.207 e. The molecule has 0 amide bonds. The van der Waals surface area contributed by atoms with Crippen LogP contribution in [0.1, 0.15) is 20.8 Å². The highest BCUT2D eigenvalue weighted by molar-refractivity contribution is 7.89. The van der Waals surface area contributed by atoms with Gasteiger partial charge in [-0.2, -0.15) is 9.98 Å². The molecular weight excluding hydrogens is 307 g/mol. The summed E-state index contributed by atoms with van der Waals surface area (Å²) in [6.07, 6.45) is 0. The summed E-state index contributed by atoms with van der Waals surface area (Å²) >= 11 is 11.6. The highest BCUT2D eigenvalue weighted by atomic mass is 35.5. The fourth-order valence-corrected chi connectivity index (χ4v) is 3.50. The van der Waals surface area contributed by atoms with Crippen LogP contribution in [0.5, 0.6) is 0 Å². The van der Waals surface area contributed by atoms with E-state index in [1.165, 1.54) is 25.1 Å². The molecule has 1 N–H and O–H groups in total. The molecule has 4 nitrogen and oxygen atoms in total. The van der Waals surface area contributed by atoms with E-state index >= 15 is 0 Å². The molecule has 7 heteroatoms. The van der Waals surface area contributed by atoms with E-state index in [1.807, 2.05) is 6.07 Å². The first kappa shape index (κ1) is 16.3. The smallest absolute Gasteiger partial charge is 0.207 e. The Bertz CT molecular complexity index is 623. The van der Waals surface area contributed by atoms with E-state index in [4.69, 9.17) is 28.5 Å². The molecule has 1 atom stereocenters. The zero-order valence-electron chi connectivity index (χ0n) is 10.7. The fourth-order valence-electron chi connectivity index (χ4n) is 1.29. The molecule has 0 aromatic heterocycles. The Kier molecular flexibility index (Phi) is 4.86. The van der Waals surface area contributed by atoms with Gasteiger partial charge in [0.1, 0.15) is 10.4 Å². The Morgan fingerprint density at radius 2 is 1.95 bits per heavy atom. The summed E-state index contributed by atoms with van der Waals surface area (Å²) in [5.41, 5.74) is -1.22. The Morgan fingerprint density at radius 1 is 1.37 bits per heavy atom. The van der Waals surface area contributed by atoms with Crippen molar-refractivity contribution in [1.29, 1.82) is 5.26 Å². The summed E-state index contributed by atoms with van der Waals surface area (Å²) < 4.78 is 26.9. The predicted octanol–water partition coefficient (Wildman–Crippen LogP) is 3.21. The highest BCUT2D eigenvalue weighted by Gasteiger charge is 2.34. The number of nitrogens with zero attached hydrogens (tertiary/aromatic N) is 1. The first-order valence-corrected chi connectivity index (χ1v) is 7.76. The Hall–Kier alpha value is -0.800. The van der Waals surface area contributed by atoms with E-state index in [0.29, 0.717) is 0 Å². The van der Waals surface area contributed by atoms with Gasteiger partial charge in [0, 0.05) is 5.02 Å². The molecule has 0 saturated heterocycles. The van der Waals surface area contributed by atoms with Gasteiger partial charge < -0.3 is 0 Å². The number of rotatable bonds is 4. The average molecular weight is 321 g/mol. The Morgan fingerprint density at radius 3 is 2.42 bits per heavy atom. The summed E-state index contributed by atoms with van der Waals surface area (Å²) in [6.45, 7) is 5.03. The van der Waals surface area contributed by atoms with Crippen molar-refractivity contribution in [3.8, 4) is 6.07 Å². The monoisotopic (exact) mass is 320 g/mol. The molecule has 1 aromatic carbocycles. The lowest BCUT2D eigenvalue weighted by molar-refractivity contribution is 0.389. The van der Waals surface area contributed by atoms with Gasteiger partial charge in [0.15, 0.2) is 0 Å². The van der Waals surface area contributed by atoms with Crippen LogP contribution in [0, 0.1) is 17.2 Å². The van der Waals surface area contributed by atoms with Crippen LogP contribution < -0.4 is 4.72 Å². The summed E-state index contributed by atoms with van der Waals surface area (Å²) in [5.74, 6) is -0.203. The van der Waals surface area contributed by atoms with E-state index in [-0.39, 0.29) is 20.9 Å². The van der Waals surface area contributed by atoms with Gasteiger partial charge in [-0.1, -0.05) is 37.0 Å². The van der Waals surface area contributed by atoms with Gasteiger partial charge in [0.05, 0.1) is 11.1 Å². The van der Waals surface area contributed by atoms with Gasteiger partial charge >= 0.3 is 0 Å². The SMILES string of the molecule is CC(C)[C@](C)(C#N)NS(=O)(=O)c1cc(Cl)ccc1Cl. The molecule has 0 aliphatic rings. The second-order valence-electron chi connectivity index (χ2n) is 4.65. The number of hydrogen-bond donors (Lipinski definition) is 1. The van der Waals surface area contributed by atoms with Crippen LogP contribution in [0.15, 0.2) is 23.1 Å². The molecule has 0 aliphatic heterocycles. The van der Waals surface area contributed by atoms with Crippen LogP contribution in [0.25, 0.3) is 0 Å². The molecule has 19 heavy (non-hydrogen) atoms. The van der Waals surface area contributed by atoms with Crippen molar-refractivity contribution in [2.75, 3.05) is 0 Å². The quantitative estimate of drug-likeness (QED) is 0.926. The number of sulfonamides is 1. The van der Waals surface area contributed by atoms with E-state index in [2.05, 4.69) is 4.72 Å². The average Bonchev–Trinajstić information content (AvgIpc) is 2.31. The topological polar surface area (TPSA) is 70.0 Å². The zero-order valence-corrected chi connectivity index (χ0v) is 13.1. The molecule has 0 radical (unpaired) electrons. The Labute approximate surface area is 123 Å². The van der Waals surface area contributed by atoms with Crippen LogP contribution >= 0.6 is 23.2 Å². The lowest BCUT2D eigenvalue weighted by Gasteiger charge is -2.27. The first-order valence-electron chi connectivity index (χ1n) is 5.52. The molecule has 0 saturated carbocycles. The third-order valence-electron chi connectivity index (χ3n) is 2.92. The van der Waals surface area contributed by atoms with Crippen LogP contribution in [0.2, 0.25) is 10.0 Å². The highest BCUT2D eigenvalue weighted by Crippen LogP contribution is 2.27. The van der Waals surface area contributed by atoms with Crippen LogP contribution in [-0.2, 0) is 10.0 Å². The van der Waals surface area contributed by atoms with Gasteiger partial charge in [-0.05, 0) is 31.0 Å². The number of benzene rings is 1. The normalized spacial score (nSPS) is 15.0. The van der Waals surface area contributed by atoms with Crippen molar-refractivity contribution in [2.45, 2.75) is 31.2 Å². The van der Waals surface area contributed by atoms with Gasteiger partial charge in [0.2, 0.25) is 10.0 Å². The maximum absolute atomic E-state index is 12.3. The third kappa shape index (κ3) is 3.61. The minimum absolute atomic E-state index is 0.0564. The molecule has 1 rings (SSSR count). The molecule has 0 aliphatic carbocycles. The molecule has 0 heterocycles. The van der Waals surface area contributed by atoms with E-state index in [1.54, 1.807) is 13.8 Å². The van der Waals surface area contributed by atoms with Crippen molar-refractivity contribution in [2.24, 2.45) is 5.92 Å². The summed E-state index contributed by atoms with van der Waals surface area (Å²) in [4.78, 5) is -0.135. The van der Waals surface area contributed by atoms with Crippen LogP contribution in [0.3, 0.4) is 0 Å². The number of nitrogens with one attached hydrogen (secondary N) is 1. The van der Waals surface area contributed by atoms with E-state index in [0.717, 1.165) is 0 Å². The lowest BCUT2D eigenvalue weighted by atomic mass is 9.92. The van der Waals surface area contributed by atoms with E-state index in [9.17, 15) is 8.42 Å². The van der Waals surface area contributed by atoms with Crippen LogP contribution in [0.4, 0.5) is 0 Å². The standard InChI is InChI=1S/C12H14Cl2N2O2S/c1-8(2)12(3,7-15)16-19(17,18)11-6-9(13)4-5-10(11)14/h4-6,8,16H,1-3H3/t12-/m0/s1. The van der Waals surface area contributed by atoms with E-state index < -0.39 is 15.6 Å². The molecule has 0 fully saturated rings. The lowest BCUT2D eigenvalue weighted by Crippen LogP contribution is -2.48. The molecule has 0 unspecified atom stereocenters. The number of nitriles is 1. The minimum atomic E-state index is -3.92. The zero-order chi connectivity index (χ0) is 14.8. The second kappa shape index (κ2) is 5.68. The van der Waals surface area contributed by atoms with Gasteiger partial charge in [0.25, 0.3) is 0 Å². The predicted molar refractivity (Wildman–Crippen MR) is 75.6 cm³/mol. The van der Waals surface area contributed by atoms with Crippen molar-refractivity contribution in [3.05, 3.63) is 28.2 Å².